The van der Waals surface area contributed by atoms with E-state index in [-0.39, 0.29) is 0 Å². The Kier molecular flexibility index (Phi) is 5.79. The van der Waals surface area contributed by atoms with E-state index in [1.54, 1.807) is 0 Å². The molecule has 3 aromatic rings. The standard InChI is InChI=1S/C22H23BO2/c1-3-18(2)21-16-10-11-17-22(21)23(24-19-12-6-4-7-13-19)25-20-14-8-5-9-15-20/h4-18H,3H2,1-2H3. The van der Waals surface area contributed by atoms with Gasteiger partial charge in [-0.1, -0.05) is 74.5 Å². The first-order valence-electron chi connectivity index (χ1n) is 8.80. The molecule has 0 amide bonds. The first-order valence-corrected chi connectivity index (χ1v) is 8.80. The van der Waals surface area contributed by atoms with E-state index in [4.69, 9.17) is 9.31 Å². The summed E-state index contributed by atoms with van der Waals surface area (Å²) < 4.78 is 12.4. The highest BCUT2D eigenvalue weighted by molar-refractivity contribution is 6.63. The third-order valence-electron chi connectivity index (χ3n) is 4.37. The van der Waals surface area contributed by atoms with Crippen molar-refractivity contribution >= 4 is 12.6 Å². The van der Waals surface area contributed by atoms with E-state index in [0.717, 1.165) is 23.4 Å². The summed E-state index contributed by atoms with van der Waals surface area (Å²) >= 11 is 0. The van der Waals surface area contributed by atoms with Gasteiger partial charge < -0.3 is 9.31 Å². The van der Waals surface area contributed by atoms with Gasteiger partial charge in [0.1, 0.15) is 11.5 Å². The molecule has 0 bridgehead atoms. The highest BCUT2D eigenvalue weighted by Crippen LogP contribution is 2.20. The van der Waals surface area contributed by atoms with E-state index in [2.05, 4.69) is 32.0 Å². The molecule has 0 aliphatic carbocycles. The zero-order valence-corrected chi connectivity index (χ0v) is 14.8. The predicted molar refractivity (Wildman–Crippen MR) is 105 cm³/mol. The number of hydrogen-bond acceptors (Lipinski definition) is 2. The van der Waals surface area contributed by atoms with Crippen LogP contribution in [0, 0.1) is 0 Å². The average Bonchev–Trinajstić information content (AvgIpc) is 2.68. The molecule has 0 heterocycles. The maximum Gasteiger partial charge on any atom is 0.632 e. The molecule has 0 aromatic heterocycles. The van der Waals surface area contributed by atoms with Crippen LogP contribution in [0.3, 0.4) is 0 Å². The van der Waals surface area contributed by atoms with Gasteiger partial charge >= 0.3 is 7.12 Å². The molecular formula is C22H23BO2. The molecule has 2 nitrogen and oxygen atoms in total. The van der Waals surface area contributed by atoms with Crippen LogP contribution in [0.5, 0.6) is 11.5 Å². The van der Waals surface area contributed by atoms with Crippen LogP contribution in [0.1, 0.15) is 31.7 Å². The number of hydrogen-bond donors (Lipinski definition) is 0. The van der Waals surface area contributed by atoms with Gasteiger partial charge in [-0.05, 0) is 42.2 Å². The number of para-hydroxylation sites is 2. The van der Waals surface area contributed by atoms with E-state index in [1.165, 1.54) is 5.56 Å². The Morgan fingerprint density at radius 1 is 0.720 bits per heavy atom. The summed E-state index contributed by atoms with van der Waals surface area (Å²) in [7, 11) is -0.491. The largest absolute Gasteiger partial charge is 0.632 e. The minimum atomic E-state index is -0.491. The van der Waals surface area contributed by atoms with Crippen molar-refractivity contribution in [3.05, 3.63) is 90.5 Å². The van der Waals surface area contributed by atoms with Crippen molar-refractivity contribution in [2.24, 2.45) is 0 Å². The van der Waals surface area contributed by atoms with Gasteiger partial charge in [0.2, 0.25) is 0 Å². The van der Waals surface area contributed by atoms with Gasteiger partial charge in [0, 0.05) is 5.46 Å². The molecule has 0 aliphatic heterocycles. The molecule has 1 atom stereocenters. The second kappa shape index (κ2) is 8.43. The monoisotopic (exact) mass is 330 g/mol. The van der Waals surface area contributed by atoms with Crippen LogP contribution in [0.25, 0.3) is 0 Å². The smallest absolute Gasteiger partial charge is 0.522 e. The lowest BCUT2D eigenvalue weighted by atomic mass is 9.72. The minimum absolute atomic E-state index is 0.442. The molecule has 0 radical (unpaired) electrons. The van der Waals surface area contributed by atoms with Crippen molar-refractivity contribution < 1.29 is 9.31 Å². The Morgan fingerprint density at radius 2 is 1.20 bits per heavy atom. The third kappa shape index (κ3) is 4.45. The molecule has 0 N–H and O–H groups in total. The molecule has 0 spiro atoms. The molecule has 0 fully saturated rings. The Balaban J connectivity index is 1.96. The maximum absolute atomic E-state index is 6.22. The lowest BCUT2D eigenvalue weighted by Crippen LogP contribution is -2.44. The van der Waals surface area contributed by atoms with Gasteiger partial charge in [0.25, 0.3) is 0 Å². The third-order valence-corrected chi connectivity index (χ3v) is 4.37. The number of benzene rings is 3. The summed E-state index contributed by atoms with van der Waals surface area (Å²) in [6.45, 7) is 4.44. The summed E-state index contributed by atoms with van der Waals surface area (Å²) in [6.07, 6.45) is 1.07. The normalized spacial score (nSPS) is 11.6. The van der Waals surface area contributed by atoms with E-state index >= 15 is 0 Å². The second-order valence-electron chi connectivity index (χ2n) is 6.13. The van der Waals surface area contributed by atoms with Gasteiger partial charge in [-0.15, -0.1) is 0 Å². The first kappa shape index (κ1) is 17.2. The van der Waals surface area contributed by atoms with E-state index in [0.29, 0.717) is 5.92 Å². The fourth-order valence-corrected chi connectivity index (χ4v) is 2.79. The van der Waals surface area contributed by atoms with Gasteiger partial charge in [0.15, 0.2) is 0 Å². The summed E-state index contributed by atoms with van der Waals surface area (Å²) in [6, 6.07) is 28.0. The molecular weight excluding hydrogens is 307 g/mol. The highest BCUT2D eigenvalue weighted by atomic mass is 16.6. The SMILES string of the molecule is CCC(C)c1ccccc1B(Oc1ccccc1)Oc1ccccc1. The second-order valence-corrected chi connectivity index (χ2v) is 6.13. The zero-order chi connectivity index (χ0) is 17.5. The summed E-state index contributed by atoms with van der Waals surface area (Å²) in [4.78, 5) is 0. The van der Waals surface area contributed by atoms with E-state index in [9.17, 15) is 0 Å². The Morgan fingerprint density at radius 3 is 1.72 bits per heavy atom. The van der Waals surface area contributed by atoms with Gasteiger partial charge in [-0.2, -0.15) is 0 Å². The summed E-state index contributed by atoms with van der Waals surface area (Å²) in [5.41, 5.74) is 2.34. The van der Waals surface area contributed by atoms with Crippen molar-refractivity contribution in [1.82, 2.24) is 0 Å². The molecule has 3 aromatic carbocycles. The van der Waals surface area contributed by atoms with E-state index < -0.39 is 7.12 Å². The quantitative estimate of drug-likeness (QED) is 0.564. The zero-order valence-electron chi connectivity index (χ0n) is 14.8. The topological polar surface area (TPSA) is 18.5 Å². The van der Waals surface area contributed by atoms with Gasteiger partial charge in [-0.25, -0.2) is 0 Å². The Labute approximate surface area is 150 Å². The first-order chi connectivity index (χ1) is 12.3. The lowest BCUT2D eigenvalue weighted by molar-refractivity contribution is 0.438. The van der Waals surface area contributed by atoms with Crippen LogP contribution in [0.15, 0.2) is 84.9 Å². The molecule has 1 unspecified atom stereocenters. The molecule has 25 heavy (non-hydrogen) atoms. The van der Waals surface area contributed by atoms with Crippen molar-refractivity contribution in [3.8, 4) is 11.5 Å². The highest BCUT2D eigenvalue weighted by Gasteiger charge is 2.30. The summed E-state index contributed by atoms with van der Waals surface area (Å²) in [5, 5.41) is 0. The van der Waals surface area contributed by atoms with Gasteiger partial charge in [0.05, 0.1) is 0 Å². The predicted octanol–water partition coefficient (Wildman–Crippen LogP) is 5.05. The van der Waals surface area contributed by atoms with Crippen LogP contribution in [0.4, 0.5) is 0 Å². The Bertz CT molecular complexity index is 733. The van der Waals surface area contributed by atoms with Crippen LogP contribution in [-0.4, -0.2) is 7.12 Å². The van der Waals surface area contributed by atoms with Crippen LogP contribution < -0.4 is 14.8 Å². The maximum atomic E-state index is 6.22. The molecule has 3 heteroatoms. The Hall–Kier alpha value is -2.68. The molecule has 3 rings (SSSR count). The molecule has 0 aliphatic rings. The molecule has 0 saturated carbocycles. The van der Waals surface area contributed by atoms with Crippen molar-refractivity contribution in [2.45, 2.75) is 26.2 Å². The molecule has 126 valence electrons. The van der Waals surface area contributed by atoms with Crippen molar-refractivity contribution in [3.63, 3.8) is 0 Å². The minimum Gasteiger partial charge on any atom is -0.522 e. The van der Waals surface area contributed by atoms with Crippen molar-refractivity contribution in [1.29, 1.82) is 0 Å². The average molecular weight is 330 g/mol. The van der Waals surface area contributed by atoms with Crippen LogP contribution in [0.2, 0.25) is 0 Å². The van der Waals surface area contributed by atoms with Crippen LogP contribution >= 0.6 is 0 Å². The molecule has 0 saturated heterocycles. The van der Waals surface area contributed by atoms with Gasteiger partial charge in [-0.3, -0.25) is 0 Å². The summed E-state index contributed by atoms with van der Waals surface area (Å²) in [5.74, 6) is 2.03. The van der Waals surface area contributed by atoms with E-state index in [1.807, 2.05) is 66.7 Å². The number of rotatable bonds is 7. The lowest BCUT2D eigenvalue weighted by Gasteiger charge is -2.21. The fourth-order valence-electron chi connectivity index (χ4n) is 2.79. The van der Waals surface area contributed by atoms with Crippen LogP contribution in [-0.2, 0) is 0 Å². The fraction of sp³-hybridized carbons (Fsp3) is 0.182. The van der Waals surface area contributed by atoms with Crippen molar-refractivity contribution in [2.75, 3.05) is 0 Å².